The van der Waals surface area contributed by atoms with Crippen LogP contribution in [0.4, 0.5) is 5.82 Å². The first-order valence-electron chi connectivity index (χ1n) is 12.5. The Bertz CT molecular complexity index is 1070. The number of benzene rings is 2. The van der Waals surface area contributed by atoms with Crippen LogP contribution in [-0.4, -0.2) is 62.7 Å². The Morgan fingerprint density at radius 1 is 1.06 bits per heavy atom. The van der Waals surface area contributed by atoms with Crippen molar-refractivity contribution in [3.63, 3.8) is 0 Å². The summed E-state index contributed by atoms with van der Waals surface area (Å²) in [4.78, 5) is 21.9. The molecule has 6 heteroatoms. The van der Waals surface area contributed by atoms with Gasteiger partial charge in [-0.1, -0.05) is 42.5 Å². The van der Waals surface area contributed by atoms with E-state index in [4.69, 9.17) is 4.74 Å². The molecular weight excluding hydrogens is 436 g/mol. The Morgan fingerprint density at radius 3 is 2.51 bits per heavy atom. The molecule has 1 aromatic heterocycles. The van der Waals surface area contributed by atoms with Crippen molar-refractivity contribution < 1.29 is 9.53 Å². The van der Waals surface area contributed by atoms with Gasteiger partial charge in [-0.05, 0) is 66.3 Å². The molecule has 1 amide bonds. The van der Waals surface area contributed by atoms with Crippen molar-refractivity contribution >= 4 is 11.7 Å². The second-order valence-electron chi connectivity index (χ2n) is 9.09. The number of pyridine rings is 1. The number of hydrogen-bond donors (Lipinski definition) is 1. The topological polar surface area (TPSA) is 57.7 Å². The molecule has 6 nitrogen and oxygen atoms in total. The first-order chi connectivity index (χ1) is 17.2. The molecule has 1 unspecified atom stereocenters. The zero-order valence-corrected chi connectivity index (χ0v) is 20.8. The second-order valence-corrected chi connectivity index (χ2v) is 9.09. The molecule has 0 aliphatic carbocycles. The molecule has 1 aliphatic heterocycles. The summed E-state index contributed by atoms with van der Waals surface area (Å²) in [6.07, 6.45) is 4.19. The summed E-state index contributed by atoms with van der Waals surface area (Å²) < 4.78 is 5.35. The normalized spacial score (nSPS) is 14.9. The van der Waals surface area contributed by atoms with E-state index < -0.39 is 0 Å². The molecule has 1 N–H and O–H groups in total. The van der Waals surface area contributed by atoms with Crippen molar-refractivity contribution in [1.82, 2.24) is 15.2 Å². The lowest BCUT2D eigenvalue weighted by Crippen LogP contribution is -2.43. The highest BCUT2D eigenvalue weighted by Gasteiger charge is 2.23. The van der Waals surface area contributed by atoms with Crippen molar-refractivity contribution in [3.8, 4) is 16.9 Å². The zero-order chi connectivity index (χ0) is 24.5. The molecule has 2 aromatic carbocycles. The lowest BCUT2D eigenvalue weighted by atomic mass is 9.85. The highest BCUT2D eigenvalue weighted by molar-refractivity contribution is 5.92. The number of ether oxygens (including phenoxy) is 1. The van der Waals surface area contributed by atoms with Gasteiger partial charge >= 0.3 is 0 Å². The largest absolute Gasteiger partial charge is 0.497 e. The molecule has 1 aliphatic rings. The van der Waals surface area contributed by atoms with Gasteiger partial charge in [0, 0.05) is 45.8 Å². The summed E-state index contributed by atoms with van der Waals surface area (Å²) in [5.74, 6) is 1.72. The van der Waals surface area contributed by atoms with E-state index in [0.29, 0.717) is 12.2 Å². The molecule has 35 heavy (non-hydrogen) atoms. The zero-order valence-electron chi connectivity index (χ0n) is 20.8. The summed E-state index contributed by atoms with van der Waals surface area (Å²) in [5.41, 5.74) is 3.54. The van der Waals surface area contributed by atoms with Gasteiger partial charge in [-0.3, -0.25) is 9.69 Å². The van der Waals surface area contributed by atoms with Gasteiger partial charge in [0.1, 0.15) is 11.6 Å². The number of methoxy groups -OCH3 is 1. The van der Waals surface area contributed by atoms with Crippen LogP contribution in [0.5, 0.6) is 5.75 Å². The maximum atomic E-state index is 13.4. The number of carbonyl (C=O) groups excluding carboxylic acids is 1. The van der Waals surface area contributed by atoms with Gasteiger partial charge in [0.25, 0.3) is 0 Å². The van der Waals surface area contributed by atoms with Crippen molar-refractivity contribution in [2.45, 2.75) is 25.2 Å². The number of anilines is 1. The number of aromatic nitrogens is 1. The number of nitrogens with one attached hydrogen (secondary N) is 1. The molecule has 1 atom stereocenters. The first kappa shape index (κ1) is 24.9. The SMILES string of the molecule is COc1ccc(-c2ccccc2C(CCCN2CCNCC2)CC(=O)N(C)c2ccccn2)cc1. The Hall–Kier alpha value is -3.22. The fraction of sp³-hybridized carbons (Fsp3) is 0.379. The average Bonchev–Trinajstić information content (AvgIpc) is 2.93. The first-order valence-corrected chi connectivity index (χ1v) is 12.5. The minimum absolute atomic E-state index is 0.0837. The highest BCUT2D eigenvalue weighted by atomic mass is 16.5. The van der Waals surface area contributed by atoms with Crippen LogP contribution in [0, 0.1) is 0 Å². The van der Waals surface area contributed by atoms with E-state index in [-0.39, 0.29) is 11.8 Å². The minimum atomic E-state index is 0.0837. The number of carbonyl (C=O) groups is 1. The molecule has 1 fully saturated rings. The van der Waals surface area contributed by atoms with Crippen LogP contribution in [0.25, 0.3) is 11.1 Å². The van der Waals surface area contributed by atoms with Crippen LogP contribution in [0.1, 0.15) is 30.7 Å². The van der Waals surface area contributed by atoms with E-state index in [1.54, 1.807) is 18.2 Å². The van der Waals surface area contributed by atoms with Crippen molar-refractivity contribution in [2.75, 3.05) is 51.8 Å². The Labute approximate surface area is 208 Å². The summed E-state index contributed by atoms with van der Waals surface area (Å²) in [6.45, 7) is 5.35. The molecule has 3 aromatic rings. The molecule has 184 valence electrons. The van der Waals surface area contributed by atoms with Crippen LogP contribution in [0.2, 0.25) is 0 Å². The lowest BCUT2D eigenvalue weighted by molar-refractivity contribution is -0.118. The maximum Gasteiger partial charge on any atom is 0.228 e. The third-order valence-corrected chi connectivity index (χ3v) is 6.83. The fourth-order valence-electron chi connectivity index (χ4n) is 4.78. The molecule has 4 rings (SSSR count). The predicted molar refractivity (Wildman–Crippen MR) is 142 cm³/mol. The molecular formula is C29H36N4O2. The summed E-state index contributed by atoms with van der Waals surface area (Å²) in [5, 5.41) is 3.42. The van der Waals surface area contributed by atoms with Crippen LogP contribution in [0.15, 0.2) is 72.9 Å². The van der Waals surface area contributed by atoms with Crippen LogP contribution in [0.3, 0.4) is 0 Å². The Kier molecular flexibility index (Phi) is 8.87. The van der Waals surface area contributed by atoms with Crippen LogP contribution >= 0.6 is 0 Å². The van der Waals surface area contributed by atoms with E-state index in [1.165, 1.54) is 11.1 Å². The number of hydrogen-bond acceptors (Lipinski definition) is 5. The second kappa shape index (κ2) is 12.5. The van der Waals surface area contributed by atoms with Crippen LogP contribution in [-0.2, 0) is 4.79 Å². The van der Waals surface area contributed by atoms with Gasteiger partial charge in [-0.25, -0.2) is 4.98 Å². The maximum absolute atomic E-state index is 13.4. The third-order valence-electron chi connectivity index (χ3n) is 6.83. The molecule has 0 bridgehead atoms. The number of nitrogens with zero attached hydrogens (tertiary/aromatic N) is 3. The molecule has 1 saturated heterocycles. The fourth-order valence-corrected chi connectivity index (χ4v) is 4.78. The van der Waals surface area contributed by atoms with Crippen molar-refractivity contribution in [3.05, 3.63) is 78.5 Å². The summed E-state index contributed by atoms with van der Waals surface area (Å²) >= 11 is 0. The van der Waals surface area contributed by atoms with E-state index in [1.807, 2.05) is 37.4 Å². The Balaban J connectivity index is 1.56. The van der Waals surface area contributed by atoms with E-state index in [0.717, 1.165) is 56.9 Å². The van der Waals surface area contributed by atoms with E-state index in [2.05, 4.69) is 51.6 Å². The number of amides is 1. The standard InChI is InChI=1S/C29H36N4O2/c1-32(28-11-5-6-16-31-28)29(34)22-24(8-7-19-33-20-17-30-18-21-33)27-10-4-3-9-26(27)23-12-14-25(35-2)15-13-23/h3-6,9-16,24,30H,7-8,17-22H2,1-2H3. The van der Waals surface area contributed by atoms with Gasteiger partial charge in [-0.15, -0.1) is 0 Å². The lowest BCUT2D eigenvalue weighted by Gasteiger charge is -2.28. The quantitative estimate of drug-likeness (QED) is 0.468. The summed E-state index contributed by atoms with van der Waals surface area (Å²) in [6, 6.07) is 22.3. The third kappa shape index (κ3) is 6.68. The molecule has 0 spiro atoms. The highest BCUT2D eigenvalue weighted by Crippen LogP contribution is 2.35. The van der Waals surface area contributed by atoms with Gasteiger partial charge in [0.05, 0.1) is 7.11 Å². The number of piperazine rings is 1. The van der Waals surface area contributed by atoms with Gasteiger partial charge < -0.3 is 15.0 Å². The van der Waals surface area contributed by atoms with Gasteiger partial charge in [0.2, 0.25) is 5.91 Å². The van der Waals surface area contributed by atoms with E-state index >= 15 is 0 Å². The van der Waals surface area contributed by atoms with Crippen molar-refractivity contribution in [1.29, 1.82) is 0 Å². The average molecular weight is 473 g/mol. The smallest absolute Gasteiger partial charge is 0.228 e. The predicted octanol–water partition coefficient (Wildman–Crippen LogP) is 4.58. The Morgan fingerprint density at radius 2 is 1.80 bits per heavy atom. The van der Waals surface area contributed by atoms with Gasteiger partial charge in [-0.2, -0.15) is 0 Å². The van der Waals surface area contributed by atoms with Crippen LogP contribution < -0.4 is 15.0 Å². The van der Waals surface area contributed by atoms with Gasteiger partial charge in [0.15, 0.2) is 0 Å². The minimum Gasteiger partial charge on any atom is -0.497 e. The molecule has 0 radical (unpaired) electrons. The summed E-state index contributed by atoms with van der Waals surface area (Å²) in [7, 11) is 3.50. The van der Waals surface area contributed by atoms with Crippen molar-refractivity contribution in [2.24, 2.45) is 0 Å². The van der Waals surface area contributed by atoms with E-state index in [9.17, 15) is 4.79 Å². The molecule has 0 saturated carbocycles. The number of rotatable bonds is 10. The molecule has 2 heterocycles. The monoisotopic (exact) mass is 472 g/mol.